The molecule has 0 saturated heterocycles. The second-order valence-electron chi connectivity index (χ2n) is 6.18. The molecule has 1 aromatic rings. The SMILES string of the molecule is CC(OCC(C)(C)CNC1CC1)c1ccccc1. The zero-order valence-corrected chi connectivity index (χ0v) is 11.8. The first-order valence-corrected chi connectivity index (χ1v) is 6.97. The summed E-state index contributed by atoms with van der Waals surface area (Å²) in [6.07, 6.45) is 2.86. The zero-order valence-electron chi connectivity index (χ0n) is 11.8. The van der Waals surface area contributed by atoms with Gasteiger partial charge in [-0.05, 0) is 25.3 Å². The van der Waals surface area contributed by atoms with Crippen molar-refractivity contribution < 1.29 is 4.74 Å². The quantitative estimate of drug-likeness (QED) is 0.795. The Hall–Kier alpha value is -0.860. The third-order valence-electron chi connectivity index (χ3n) is 3.44. The molecule has 1 aliphatic rings. The molecule has 1 N–H and O–H groups in total. The number of rotatable bonds is 7. The molecule has 2 nitrogen and oxygen atoms in total. The van der Waals surface area contributed by atoms with Gasteiger partial charge in [-0.3, -0.25) is 0 Å². The van der Waals surface area contributed by atoms with E-state index in [1.54, 1.807) is 0 Å². The Kier molecular flexibility index (Phi) is 4.41. The van der Waals surface area contributed by atoms with E-state index in [-0.39, 0.29) is 11.5 Å². The normalized spacial score (nSPS) is 17.7. The van der Waals surface area contributed by atoms with E-state index < -0.39 is 0 Å². The average molecular weight is 247 g/mol. The Morgan fingerprint density at radius 2 is 1.94 bits per heavy atom. The van der Waals surface area contributed by atoms with Crippen molar-refractivity contribution >= 4 is 0 Å². The van der Waals surface area contributed by atoms with Crippen molar-refractivity contribution in [3.05, 3.63) is 35.9 Å². The molecule has 18 heavy (non-hydrogen) atoms. The number of ether oxygens (including phenoxy) is 1. The summed E-state index contributed by atoms with van der Waals surface area (Å²) in [5.41, 5.74) is 1.45. The highest BCUT2D eigenvalue weighted by molar-refractivity contribution is 5.16. The maximum absolute atomic E-state index is 6.01. The Balaban J connectivity index is 1.75. The summed E-state index contributed by atoms with van der Waals surface area (Å²) in [6.45, 7) is 8.49. The molecule has 0 bridgehead atoms. The lowest BCUT2D eigenvalue weighted by atomic mass is 9.94. The maximum Gasteiger partial charge on any atom is 0.0797 e. The number of nitrogens with one attached hydrogen (secondary N) is 1. The van der Waals surface area contributed by atoms with E-state index in [0.717, 1.165) is 19.2 Å². The van der Waals surface area contributed by atoms with Crippen LogP contribution in [0.4, 0.5) is 0 Å². The summed E-state index contributed by atoms with van der Waals surface area (Å²) >= 11 is 0. The fourth-order valence-corrected chi connectivity index (χ4v) is 1.93. The molecular weight excluding hydrogens is 222 g/mol. The summed E-state index contributed by atoms with van der Waals surface area (Å²) in [5, 5.41) is 3.58. The van der Waals surface area contributed by atoms with Crippen molar-refractivity contribution in [2.75, 3.05) is 13.2 Å². The van der Waals surface area contributed by atoms with E-state index in [2.05, 4.69) is 50.4 Å². The van der Waals surface area contributed by atoms with Gasteiger partial charge in [-0.1, -0.05) is 44.2 Å². The van der Waals surface area contributed by atoms with Crippen LogP contribution in [0, 0.1) is 5.41 Å². The molecule has 2 heteroatoms. The van der Waals surface area contributed by atoms with E-state index in [1.807, 2.05) is 6.07 Å². The van der Waals surface area contributed by atoms with Crippen LogP contribution in [-0.4, -0.2) is 19.2 Å². The van der Waals surface area contributed by atoms with Gasteiger partial charge in [0.15, 0.2) is 0 Å². The second-order valence-corrected chi connectivity index (χ2v) is 6.18. The van der Waals surface area contributed by atoms with Gasteiger partial charge in [0.05, 0.1) is 12.7 Å². The average Bonchev–Trinajstić information content (AvgIpc) is 3.19. The van der Waals surface area contributed by atoms with Gasteiger partial charge in [0, 0.05) is 18.0 Å². The molecule has 0 spiro atoms. The lowest BCUT2D eigenvalue weighted by molar-refractivity contribution is 0.0112. The van der Waals surface area contributed by atoms with Crippen molar-refractivity contribution in [2.45, 2.75) is 45.8 Å². The van der Waals surface area contributed by atoms with Gasteiger partial charge in [-0.15, -0.1) is 0 Å². The summed E-state index contributed by atoms with van der Waals surface area (Å²) < 4.78 is 6.01. The molecule has 0 radical (unpaired) electrons. The van der Waals surface area contributed by atoms with E-state index >= 15 is 0 Å². The number of benzene rings is 1. The van der Waals surface area contributed by atoms with Crippen LogP contribution in [0.1, 0.15) is 45.3 Å². The monoisotopic (exact) mass is 247 g/mol. The molecule has 1 aromatic carbocycles. The predicted octanol–water partition coefficient (Wildman–Crippen LogP) is 3.54. The van der Waals surface area contributed by atoms with Gasteiger partial charge in [0.2, 0.25) is 0 Å². The second kappa shape index (κ2) is 5.85. The molecule has 0 aliphatic heterocycles. The minimum absolute atomic E-state index is 0.173. The molecule has 0 amide bonds. The molecule has 1 fully saturated rings. The maximum atomic E-state index is 6.01. The molecule has 1 aliphatic carbocycles. The van der Waals surface area contributed by atoms with E-state index in [9.17, 15) is 0 Å². The Morgan fingerprint density at radius 3 is 2.56 bits per heavy atom. The van der Waals surface area contributed by atoms with Crippen LogP contribution < -0.4 is 5.32 Å². The van der Waals surface area contributed by atoms with Gasteiger partial charge in [-0.2, -0.15) is 0 Å². The molecule has 1 saturated carbocycles. The highest BCUT2D eigenvalue weighted by Crippen LogP contribution is 2.24. The van der Waals surface area contributed by atoms with Gasteiger partial charge in [0.25, 0.3) is 0 Å². The first-order valence-electron chi connectivity index (χ1n) is 6.97. The van der Waals surface area contributed by atoms with Crippen molar-refractivity contribution in [3.8, 4) is 0 Å². The van der Waals surface area contributed by atoms with E-state index in [0.29, 0.717) is 0 Å². The Morgan fingerprint density at radius 1 is 1.28 bits per heavy atom. The smallest absolute Gasteiger partial charge is 0.0797 e. The first kappa shape index (κ1) is 13.6. The minimum Gasteiger partial charge on any atom is -0.373 e. The number of hydrogen-bond donors (Lipinski definition) is 1. The summed E-state index contributed by atoms with van der Waals surface area (Å²) in [4.78, 5) is 0. The molecule has 0 heterocycles. The van der Waals surface area contributed by atoms with Crippen LogP contribution in [0.15, 0.2) is 30.3 Å². The van der Waals surface area contributed by atoms with Gasteiger partial charge >= 0.3 is 0 Å². The summed E-state index contributed by atoms with van der Waals surface area (Å²) in [5.74, 6) is 0. The third kappa shape index (κ3) is 4.43. The van der Waals surface area contributed by atoms with Gasteiger partial charge in [-0.25, -0.2) is 0 Å². The Labute approximate surface area is 111 Å². The standard InChI is InChI=1S/C16H25NO/c1-13(14-7-5-4-6-8-14)18-12-16(2,3)11-17-15-9-10-15/h4-8,13,15,17H,9-12H2,1-3H3. The van der Waals surface area contributed by atoms with E-state index in [1.165, 1.54) is 18.4 Å². The lowest BCUT2D eigenvalue weighted by Crippen LogP contribution is -2.34. The summed E-state index contributed by atoms with van der Waals surface area (Å²) in [6, 6.07) is 11.2. The van der Waals surface area contributed by atoms with Gasteiger partial charge in [0.1, 0.15) is 0 Å². The van der Waals surface area contributed by atoms with Crippen LogP contribution in [-0.2, 0) is 4.74 Å². The highest BCUT2D eigenvalue weighted by atomic mass is 16.5. The van der Waals surface area contributed by atoms with Crippen LogP contribution in [0.25, 0.3) is 0 Å². The zero-order chi connectivity index (χ0) is 13.0. The van der Waals surface area contributed by atoms with Crippen LogP contribution >= 0.6 is 0 Å². The van der Waals surface area contributed by atoms with Gasteiger partial charge < -0.3 is 10.1 Å². The van der Waals surface area contributed by atoms with Crippen molar-refractivity contribution in [3.63, 3.8) is 0 Å². The fourth-order valence-electron chi connectivity index (χ4n) is 1.93. The molecule has 100 valence electrons. The molecular formula is C16H25NO. The molecule has 1 unspecified atom stereocenters. The lowest BCUT2D eigenvalue weighted by Gasteiger charge is -2.27. The fraction of sp³-hybridized carbons (Fsp3) is 0.625. The van der Waals surface area contributed by atoms with E-state index in [4.69, 9.17) is 4.74 Å². The first-order chi connectivity index (χ1) is 8.57. The minimum atomic E-state index is 0.173. The van der Waals surface area contributed by atoms with Crippen molar-refractivity contribution in [2.24, 2.45) is 5.41 Å². The summed E-state index contributed by atoms with van der Waals surface area (Å²) in [7, 11) is 0. The number of hydrogen-bond acceptors (Lipinski definition) is 2. The molecule has 0 aromatic heterocycles. The van der Waals surface area contributed by atoms with Crippen molar-refractivity contribution in [1.82, 2.24) is 5.32 Å². The third-order valence-corrected chi connectivity index (χ3v) is 3.44. The highest BCUT2D eigenvalue weighted by Gasteiger charge is 2.25. The Bertz CT molecular complexity index is 357. The van der Waals surface area contributed by atoms with Crippen LogP contribution in [0.2, 0.25) is 0 Å². The largest absolute Gasteiger partial charge is 0.373 e. The topological polar surface area (TPSA) is 21.3 Å². The van der Waals surface area contributed by atoms with Crippen LogP contribution in [0.5, 0.6) is 0 Å². The van der Waals surface area contributed by atoms with Crippen molar-refractivity contribution in [1.29, 1.82) is 0 Å². The molecule has 1 atom stereocenters. The predicted molar refractivity (Wildman–Crippen MR) is 75.6 cm³/mol. The molecule has 2 rings (SSSR count). The van der Waals surface area contributed by atoms with Crippen LogP contribution in [0.3, 0.4) is 0 Å².